The van der Waals surface area contributed by atoms with Crippen molar-refractivity contribution in [2.24, 2.45) is 5.92 Å². The molecule has 0 atom stereocenters. The monoisotopic (exact) mass is 226 g/mol. The summed E-state index contributed by atoms with van der Waals surface area (Å²) in [5, 5.41) is 0. The first-order valence-corrected chi connectivity index (χ1v) is 6.60. The summed E-state index contributed by atoms with van der Waals surface area (Å²) in [5.41, 5.74) is 4.24. The molecule has 0 heteroatoms. The summed E-state index contributed by atoms with van der Waals surface area (Å²) >= 11 is 0. The minimum Gasteiger partial charge on any atom is -0.0683 e. The summed E-state index contributed by atoms with van der Waals surface area (Å²) in [4.78, 5) is 0. The van der Waals surface area contributed by atoms with E-state index >= 15 is 0 Å². The Kier molecular flexibility index (Phi) is 5.48. The van der Waals surface area contributed by atoms with Crippen molar-refractivity contribution in [1.29, 1.82) is 0 Å². The Balaban J connectivity index is 0.000000330. The molecular weight excluding hydrogens is 204 g/mol. The molecule has 0 amide bonds. The van der Waals surface area contributed by atoms with Crippen LogP contribution in [0.25, 0.3) is 0 Å². The van der Waals surface area contributed by atoms with Crippen LogP contribution in [0, 0.1) is 5.92 Å². The van der Waals surface area contributed by atoms with Crippen molar-refractivity contribution in [2.75, 3.05) is 0 Å². The molecule has 0 fully saturated rings. The maximum absolute atomic E-state index is 2.20. The van der Waals surface area contributed by atoms with Gasteiger partial charge in [0.25, 0.3) is 0 Å². The van der Waals surface area contributed by atoms with Crippen LogP contribution in [0.2, 0.25) is 0 Å². The van der Waals surface area contributed by atoms with E-state index < -0.39 is 0 Å². The fraction of sp³-hybridized carbons (Fsp3) is 0.294. The molecule has 0 heterocycles. The summed E-state index contributed by atoms with van der Waals surface area (Å²) in [6.07, 6.45) is 19.6. The molecule has 0 unspecified atom stereocenters. The Bertz CT molecular complexity index is 356. The molecule has 0 aliphatic heterocycles. The maximum Gasteiger partial charge on any atom is 0.0339 e. The molecule has 3 rings (SSSR count). The van der Waals surface area contributed by atoms with Gasteiger partial charge in [-0.05, 0) is 16.7 Å². The fourth-order valence-corrected chi connectivity index (χ4v) is 2.13. The van der Waals surface area contributed by atoms with Gasteiger partial charge in [0.1, 0.15) is 0 Å². The zero-order valence-electron chi connectivity index (χ0n) is 11.3. The van der Waals surface area contributed by atoms with E-state index in [2.05, 4.69) is 54.7 Å². The molecular formula is C17H22. The van der Waals surface area contributed by atoms with E-state index in [1.54, 1.807) is 0 Å². The predicted molar refractivity (Wildman–Crippen MR) is 77.9 cm³/mol. The second-order valence-electron chi connectivity index (χ2n) is 3.51. The van der Waals surface area contributed by atoms with Gasteiger partial charge >= 0.3 is 0 Å². The van der Waals surface area contributed by atoms with Crippen LogP contribution in [-0.2, 0) is 0 Å². The van der Waals surface area contributed by atoms with E-state index in [1.165, 1.54) is 16.7 Å². The quantitative estimate of drug-likeness (QED) is 0.536. The van der Waals surface area contributed by atoms with Crippen molar-refractivity contribution < 1.29 is 0 Å². The van der Waals surface area contributed by atoms with Crippen molar-refractivity contribution in [2.45, 2.75) is 27.7 Å². The molecule has 3 aliphatic rings. The minimum atomic E-state index is 0.514. The molecule has 0 nitrogen and oxygen atoms in total. The van der Waals surface area contributed by atoms with Crippen molar-refractivity contribution in [3.05, 3.63) is 71.4 Å². The van der Waals surface area contributed by atoms with Crippen LogP contribution < -0.4 is 0 Å². The van der Waals surface area contributed by atoms with Crippen molar-refractivity contribution in [3.8, 4) is 0 Å². The van der Waals surface area contributed by atoms with E-state index in [1.807, 2.05) is 27.7 Å². The molecule has 0 radical (unpaired) electrons. The number of hydrogen-bond donors (Lipinski definition) is 0. The molecule has 17 heavy (non-hydrogen) atoms. The summed E-state index contributed by atoms with van der Waals surface area (Å²) in [5.74, 6) is 0.514. The summed E-state index contributed by atoms with van der Waals surface area (Å²) in [7, 11) is 0. The van der Waals surface area contributed by atoms with Gasteiger partial charge < -0.3 is 0 Å². The van der Waals surface area contributed by atoms with Crippen LogP contribution in [0.3, 0.4) is 0 Å². The van der Waals surface area contributed by atoms with Crippen LogP contribution in [0.4, 0.5) is 0 Å². The van der Waals surface area contributed by atoms with Crippen LogP contribution in [0.5, 0.6) is 0 Å². The molecule has 0 bridgehead atoms. The van der Waals surface area contributed by atoms with Gasteiger partial charge in [0.05, 0.1) is 0 Å². The molecule has 0 saturated carbocycles. The van der Waals surface area contributed by atoms with Crippen LogP contribution in [0.15, 0.2) is 71.4 Å². The standard InChI is InChI=1S/C13H10.2C2H6/c1-4-10-6-2-8-12-9-3-7-11(5-1)13(10)12;2*1-2/h1-9,13H;2*1-2H3. The molecule has 3 aliphatic carbocycles. The highest BCUT2D eigenvalue weighted by Gasteiger charge is 2.23. The normalized spacial score (nSPS) is 18.7. The van der Waals surface area contributed by atoms with E-state index in [0.717, 1.165) is 0 Å². The van der Waals surface area contributed by atoms with E-state index in [4.69, 9.17) is 0 Å². The lowest BCUT2D eigenvalue weighted by atomic mass is 9.76. The maximum atomic E-state index is 2.20. The highest BCUT2D eigenvalue weighted by molar-refractivity contribution is 5.57. The van der Waals surface area contributed by atoms with E-state index in [9.17, 15) is 0 Å². The third-order valence-electron chi connectivity index (χ3n) is 2.73. The zero-order chi connectivity index (χ0) is 12.7. The van der Waals surface area contributed by atoms with Crippen LogP contribution in [0.1, 0.15) is 27.7 Å². The summed E-state index contributed by atoms with van der Waals surface area (Å²) < 4.78 is 0. The highest BCUT2D eigenvalue weighted by atomic mass is 14.3. The SMILES string of the molecule is C1=CC2=CC=CC3=CC=CC(=C1)C23.CC.CC. The molecule has 90 valence electrons. The summed E-state index contributed by atoms with van der Waals surface area (Å²) in [6, 6.07) is 0. The first kappa shape index (κ1) is 13.5. The second-order valence-corrected chi connectivity index (χ2v) is 3.51. The number of rotatable bonds is 0. The summed E-state index contributed by atoms with van der Waals surface area (Å²) in [6.45, 7) is 8.00. The lowest BCUT2D eigenvalue weighted by Crippen LogP contribution is -2.13. The molecule has 0 aromatic carbocycles. The number of hydrogen-bond acceptors (Lipinski definition) is 0. The van der Waals surface area contributed by atoms with Gasteiger partial charge in [-0.2, -0.15) is 0 Å². The molecule has 0 N–H and O–H groups in total. The van der Waals surface area contributed by atoms with Gasteiger partial charge in [-0.3, -0.25) is 0 Å². The van der Waals surface area contributed by atoms with Crippen LogP contribution >= 0.6 is 0 Å². The van der Waals surface area contributed by atoms with Gasteiger partial charge in [-0.15, -0.1) is 0 Å². The zero-order valence-corrected chi connectivity index (χ0v) is 11.3. The van der Waals surface area contributed by atoms with Gasteiger partial charge in [0.2, 0.25) is 0 Å². The van der Waals surface area contributed by atoms with Gasteiger partial charge in [-0.25, -0.2) is 0 Å². The lowest BCUT2D eigenvalue weighted by Gasteiger charge is -2.27. The highest BCUT2D eigenvalue weighted by Crippen LogP contribution is 2.37. The smallest absolute Gasteiger partial charge is 0.0339 e. The van der Waals surface area contributed by atoms with Crippen molar-refractivity contribution in [1.82, 2.24) is 0 Å². The Morgan fingerprint density at radius 1 is 0.588 bits per heavy atom. The Labute approximate surface area is 105 Å². The van der Waals surface area contributed by atoms with Gasteiger partial charge in [-0.1, -0.05) is 82.4 Å². The van der Waals surface area contributed by atoms with E-state index in [0.29, 0.717) is 5.92 Å². The first-order chi connectivity index (χ1) is 8.45. The number of allylic oxidation sites excluding steroid dienone is 12. The average Bonchev–Trinajstić information content (AvgIpc) is 2.44. The van der Waals surface area contributed by atoms with Gasteiger partial charge in [0.15, 0.2) is 0 Å². The lowest BCUT2D eigenvalue weighted by molar-refractivity contribution is 0.878. The van der Waals surface area contributed by atoms with Crippen LogP contribution in [-0.4, -0.2) is 0 Å². The van der Waals surface area contributed by atoms with Crippen molar-refractivity contribution in [3.63, 3.8) is 0 Å². The Morgan fingerprint density at radius 2 is 0.882 bits per heavy atom. The third kappa shape index (κ3) is 2.76. The molecule has 0 saturated heterocycles. The van der Waals surface area contributed by atoms with Crippen molar-refractivity contribution >= 4 is 0 Å². The first-order valence-electron chi connectivity index (χ1n) is 6.60. The third-order valence-corrected chi connectivity index (χ3v) is 2.73. The minimum absolute atomic E-state index is 0.514. The van der Waals surface area contributed by atoms with Gasteiger partial charge in [0, 0.05) is 5.92 Å². The fourth-order valence-electron chi connectivity index (χ4n) is 2.13. The predicted octanol–water partition coefficient (Wildman–Crippen LogP) is 5.14. The molecule has 0 spiro atoms. The van der Waals surface area contributed by atoms with E-state index in [-0.39, 0.29) is 0 Å². The average molecular weight is 226 g/mol. The topological polar surface area (TPSA) is 0 Å². The molecule has 0 aromatic heterocycles. The largest absolute Gasteiger partial charge is 0.0683 e. The second kappa shape index (κ2) is 6.90. The molecule has 0 aromatic rings. The Hall–Kier alpha value is -1.56. The Morgan fingerprint density at radius 3 is 1.18 bits per heavy atom.